The van der Waals surface area contributed by atoms with Crippen LogP contribution in [-0.4, -0.2) is 36.5 Å². The Morgan fingerprint density at radius 1 is 1.11 bits per heavy atom. The van der Waals surface area contributed by atoms with Gasteiger partial charge in [0.25, 0.3) is 0 Å². The van der Waals surface area contributed by atoms with Crippen LogP contribution in [0.1, 0.15) is 48.5 Å². The van der Waals surface area contributed by atoms with Gasteiger partial charge in [-0.3, -0.25) is 0 Å². The largest absolute Gasteiger partial charge is 0.443 e. The van der Waals surface area contributed by atoms with Gasteiger partial charge >= 0.3 is 16.3 Å². The third-order valence-corrected chi connectivity index (χ3v) is 3.73. The van der Waals surface area contributed by atoms with E-state index in [1.807, 2.05) is 4.72 Å². The van der Waals surface area contributed by atoms with E-state index in [4.69, 9.17) is 4.74 Å². The first-order valence-electron chi connectivity index (χ1n) is 5.91. The first kappa shape index (κ1) is 17.2. The van der Waals surface area contributed by atoms with E-state index in [0.29, 0.717) is 0 Å². The molecule has 18 heavy (non-hydrogen) atoms. The molecule has 0 aliphatic heterocycles. The van der Waals surface area contributed by atoms with Crippen molar-refractivity contribution in [2.45, 2.75) is 66.2 Å². The summed E-state index contributed by atoms with van der Waals surface area (Å²) in [6.45, 7) is 12.0. The minimum Gasteiger partial charge on any atom is -0.443 e. The minimum absolute atomic E-state index is 0.245. The van der Waals surface area contributed by atoms with Crippen LogP contribution in [0.15, 0.2) is 0 Å². The molecule has 0 unspecified atom stereocenters. The van der Waals surface area contributed by atoms with Crippen LogP contribution in [0, 0.1) is 0 Å². The number of carbonyl (C=O) groups excluding carboxylic acids is 1. The Balaban J connectivity index is 4.90. The van der Waals surface area contributed by atoms with Gasteiger partial charge in [-0.25, -0.2) is 9.52 Å². The molecule has 0 spiro atoms. The van der Waals surface area contributed by atoms with Crippen molar-refractivity contribution in [2.24, 2.45) is 0 Å². The predicted molar refractivity (Wildman–Crippen MR) is 70.4 cm³/mol. The number of hydrogen-bond donors (Lipinski definition) is 1. The van der Waals surface area contributed by atoms with Crippen molar-refractivity contribution < 1.29 is 17.9 Å². The first-order valence-corrected chi connectivity index (χ1v) is 7.35. The molecule has 0 aromatic carbocycles. The second-order valence-corrected chi connectivity index (χ2v) is 7.20. The van der Waals surface area contributed by atoms with Crippen LogP contribution in [0.4, 0.5) is 4.79 Å². The van der Waals surface area contributed by atoms with Crippen LogP contribution in [0.5, 0.6) is 0 Å². The molecule has 0 radical (unpaired) electrons. The summed E-state index contributed by atoms with van der Waals surface area (Å²) in [5.74, 6) is 0. The van der Waals surface area contributed by atoms with Gasteiger partial charge in [-0.1, -0.05) is 0 Å². The van der Waals surface area contributed by atoms with E-state index >= 15 is 0 Å². The zero-order valence-electron chi connectivity index (χ0n) is 12.1. The Bertz CT molecular complexity index is 374. The van der Waals surface area contributed by atoms with Gasteiger partial charge in [0.05, 0.1) is 0 Å². The van der Waals surface area contributed by atoms with Crippen molar-refractivity contribution in [3.05, 3.63) is 0 Å². The summed E-state index contributed by atoms with van der Waals surface area (Å²) < 4.78 is 32.1. The quantitative estimate of drug-likeness (QED) is 0.853. The number of nitrogens with one attached hydrogen (secondary N) is 1. The maximum absolute atomic E-state index is 12.0. The van der Waals surface area contributed by atoms with E-state index < -0.39 is 21.9 Å². The fraction of sp³-hybridized carbons (Fsp3) is 0.909. The van der Waals surface area contributed by atoms with Gasteiger partial charge < -0.3 is 4.74 Å². The Hall–Kier alpha value is -0.820. The first-order chi connectivity index (χ1) is 7.87. The molecule has 0 aliphatic carbocycles. The lowest BCUT2D eigenvalue weighted by Gasteiger charge is -2.29. The third-order valence-electron chi connectivity index (χ3n) is 1.91. The van der Waals surface area contributed by atoms with Crippen molar-refractivity contribution in [2.75, 3.05) is 0 Å². The third kappa shape index (κ3) is 5.68. The van der Waals surface area contributed by atoms with Gasteiger partial charge in [0.1, 0.15) is 5.60 Å². The summed E-state index contributed by atoms with van der Waals surface area (Å²) >= 11 is 0. The summed E-state index contributed by atoms with van der Waals surface area (Å²) in [4.78, 5) is 11.5. The molecule has 7 heteroatoms. The number of amides is 1. The fourth-order valence-corrected chi connectivity index (χ4v) is 3.08. The molecule has 0 aromatic rings. The Kier molecular flexibility index (Phi) is 5.61. The van der Waals surface area contributed by atoms with Crippen LogP contribution >= 0.6 is 0 Å². The van der Waals surface area contributed by atoms with Crippen LogP contribution in [-0.2, 0) is 14.9 Å². The lowest BCUT2D eigenvalue weighted by Crippen LogP contribution is -2.50. The van der Waals surface area contributed by atoms with Crippen molar-refractivity contribution in [3.8, 4) is 0 Å². The minimum atomic E-state index is -3.88. The second-order valence-electron chi connectivity index (χ2n) is 5.63. The highest BCUT2D eigenvalue weighted by molar-refractivity contribution is 7.87. The average molecular weight is 280 g/mol. The molecule has 0 aromatic heterocycles. The van der Waals surface area contributed by atoms with Crippen molar-refractivity contribution in [1.29, 1.82) is 0 Å². The lowest BCUT2D eigenvalue weighted by atomic mass is 10.2. The monoisotopic (exact) mass is 280 g/mol. The smallest absolute Gasteiger partial charge is 0.422 e. The fourth-order valence-electron chi connectivity index (χ4n) is 1.61. The molecule has 0 heterocycles. The van der Waals surface area contributed by atoms with Crippen molar-refractivity contribution in [1.82, 2.24) is 9.03 Å². The van der Waals surface area contributed by atoms with Gasteiger partial charge in [0, 0.05) is 12.1 Å². The van der Waals surface area contributed by atoms with Gasteiger partial charge in [0.15, 0.2) is 0 Å². The highest BCUT2D eigenvalue weighted by atomic mass is 32.2. The Morgan fingerprint density at radius 3 is 1.78 bits per heavy atom. The van der Waals surface area contributed by atoms with Gasteiger partial charge in [-0.05, 0) is 48.5 Å². The maximum Gasteiger partial charge on any atom is 0.422 e. The predicted octanol–water partition coefficient (Wildman–Crippen LogP) is 1.87. The SMILES string of the molecule is CC(C)N(C(C)C)S(=O)(=O)NC(=O)OC(C)(C)C. The average Bonchev–Trinajstić information content (AvgIpc) is 1.93. The molecule has 6 nitrogen and oxygen atoms in total. The molecule has 0 saturated heterocycles. The van der Waals surface area contributed by atoms with E-state index in [-0.39, 0.29) is 12.1 Å². The molecule has 0 saturated carbocycles. The number of hydrogen-bond acceptors (Lipinski definition) is 4. The van der Waals surface area contributed by atoms with Crippen molar-refractivity contribution in [3.63, 3.8) is 0 Å². The number of carbonyl (C=O) groups is 1. The molecular weight excluding hydrogens is 256 g/mol. The number of ether oxygens (including phenoxy) is 1. The lowest BCUT2D eigenvalue weighted by molar-refractivity contribution is 0.0566. The van der Waals surface area contributed by atoms with Gasteiger partial charge in [-0.15, -0.1) is 0 Å². The van der Waals surface area contributed by atoms with E-state index in [1.165, 1.54) is 4.31 Å². The van der Waals surface area contributed by atoms with Crippen LogP contribution in [0.3, 0.4) is 0 Å². The molecule has 1 N–H and O–H groups in total. The van der Waals surface area contributed by atoms with E-state index in [0.717, 1.165) is 0 Å². The van der Waals surface area contributed by atoms with Gasteiger partial charge in [-0.2, -0.15) is 12.7 Å². The molecule has 0 aliphatic rings. The molecule has 0 atom stereocenters. The van der Waals surface area contributed by atoms with E-state index in [2.05, 4.69) is 0 Å². The number of nitrogens with zero attached hydrogens (tertiary/aromatic N) is 1. The van der Waals surface area contributed by atoms with E-state index in [9.17, 15) is 13.2 Å². The molecule has 1 amide bonds. The molecular formula is C11H24N2O4S. The highest BCUT2D eigenvalue weighted by Crippen LogP contribution is 2.12. The zero-order chi connectivity index (χ0) is 14.7. The van der Waals surface area contributed by atoms with Crippen molar-refractivity contribution >= 4 is 16.3 Å². The normalized spacial score (nSPS) is 13.2. The Morgan fingerprint density at radius 2 is 1.50 bits per heavy atom. The molecule has 108 valence electrons. The molecule has 0 bridgehead atoms. The summed E-state index contributed by atoms with van der Waals surface area (Å²) in [6, 6.07) is -0.491. The summed E-state index contributed by atoms with van der Waals surface area (Å²) in [5.41, 5.74) is -0.736. The number of rotatable bonds is 4. The Labute approximate surface area is 110 Å². The topological polar surface area (TPSA) is 75.7 Å². The standard InChI is InChI=1S/C11H24N2O4S/c1-8(2)13(9(3)4)18(15,16)12-10(14)17-11(5,6)7/h8-9H,1-7H3,(H,12,14). The summed E-state index contributed by atoms with van der Waals surface area (Å²) in [6.07, 6.45) is -0.964. The molecule has 0 fully saturated rings. The van der Waals surface area contributed by atoms with Crippen LogP contribution < -0.4 is 4.72 Å². The maximum atomic E-state index is 12.0. The second kappa shape index (κ2) is 5.88. The highest BCUT2D eigenvalue weighted by Gasteiger charge is 2.30. The van der Waals surface area contributed by atoms with Gasteiger partial charge in [0.2, 0.25) is 0 Å². The molecule has 0 rings (SSSR count). The van der Waals surface area contributed by atoms with Crippen LogP contribution in [0.2, 0.25) is 0 Å². The summed E-state index contributed by atoms with van der Waals surface area (Å²) in [5, 5.41) is 0. The summed E-state index contributed by atoms with van der Waals surface area (Å²) in [7, 11) is -3.88. The van der Waals surface area contributed by atoms with Crippen LogP contribution in [0.25, 0.3) is 0 Å². The zero-order valence-corrected chi connectivity index (χ0v) is 13.0. The van der Waals surface area contributed by atoms with E-state index in [1.54, 1.807) is 48.5 Å².